The third-order valence-corrected chi connectivity index (χ3v) is 4.89. The Bertz CT molecular complexity index is 758. The summed E-state index contributed by atoms with van der Waals surface area (Å²) >= 11 is 1.58. The SMILES string of the molecule is C[C@@H](NC(=O)C1=NN(c2ccccc2)[C@H](C(N)=O)C1)c1cccs1. The normalized spacial score (nSPS) is 18.1. The van der Waals surface area contributed by atoms with Crippen LogP contribution in [0.1, 0.15) is 24.3 Å². The van der Waals surface area contributed by atoms with Crippen LogP contribution in [0, 0.1) is 0 Å². The number of thiophene rings is 1. The average molecular weight is 342 g/mol. The minimum absolute atomic E-state index is 0.113. The minimum atomic E-state index is -0.648. The second-order valence-electron chi connectivity index (χ2n) is 5.56. The van der Waals surface area contributed by atoms with Crippen LogP contribution in [0.2, 0.25) is 0 Å². The Balaban J connectivity index is 1.78. The molecule has 0 fully saturated rings. The molecule has 124 valence electrons. The van der Waals surface area contributed by atoms with Crippen LogP contribution in [0.3, 0.4) is 0 Å². The summed E-state index contributed by atoms with van der Waals surface area (Å²) in [6.07, 6.45) is 0.202. The maximum Gasteiger partial charge on any atom is 0.268 e. The van der Waals surface area contributed by atoms with Crippen molar-refractivity contribution in [3.05, 3.63) is 52.7 Å². The molecule has 1 aliphatic heterocycles. The summed E-state index contributed by atoms with van der Waals surface area (Å²) in [6, 6.07) is 12.4. The number of nitrogens with two attached hydrogens (primary N) is 1. The molecule has 3 N–H and O–H groups in total. The van der Waals surface area contributed by atoms with Crippen LogP contribution in [-0.2, 0) is 9.59 Å². The predicted molar refractivity (Wildman–Crippen MR) is 94.8 cm³/mol. The van der Waals surface area contributed by atoms with Gasteiger partial charge in [-0.3, -0.25) is 14.6 Å². The lowest BCUT2D eigenvalue weighted by molar-refractivity contribution is -0.119. The zero-order chi connectivity index (χ0) is 17.1. The van der Waals surface area contributed by atoms with E-state index < -0.39 is 11.9 Å². The van der Waals surface area contributed by atoms with Crippen LogP contribution in [0.5, 0.6) is 0 Å². The highest BCUT2D eigenvalue weighted by molar-refractivity contribution is 7.10. The van der Waals surface area contributed by atoms with Crippen molar-refractivity contribution >= 4 is 34.6 Å². The lowest BCUT2D eigenvalue weighted by Crippen LogP contribution is -2.40. The Morgan fingerprint density at radius 3 is 2.67 bits per heavy atom. The summed E-state index contributed by atoms with van der Waals surface area (Å²) in [7, 11) is 0. The van der Waals surface area contributed by atoms with Gasteiger partial charge in [0.15, 0.2) is 0 Å². The fourth-order valence-electron chi connectivity index (χ4n) is 2.58. The van der Waals surface area contributed by atoms with Crippen molar-refractivity contribution < 1.29 is 9.59 Å². The molecule has 1 aromatic carbocycles. The Labute approximate surface area is 144 Å². The van der Waals surface area contributed by atoms with E-state index >= 15 is 0 Å². The first kappa shape index (κ1) is 16.2. The number of para-hydroxylation sites is 1. The van der Waals surface area contributed by atoms with Crippen molar-refractivity contribution in [3.63, 3.8) is 0 Å². The van der Waals surface area contributed by atoms with Crippen molar-refractivity contribution in [1.29, 1.82) is 0 Å². The monoisotopic (exact) mass is 342 g/mol. The smallest absolute Gasteiger partial charge is 0.268 e. The summed E-state index contributed by atoms with van der Waals surface area (Å²) in [5, 5.41) is 10.7. The molecule has 3 rings (SSSR count). The van der Waals surface area contributed by atoms with Crippen LogP contribution < -0.4 is 16.1 Å². The average Bonchev–Trinajstić information content (AvgIpc) is 3.25. The van der Waals surface area contributed by atoms with Crippen LogP contribution in [0.25, 0.3) is 0 Å². The molecule has 0 spiro atoms. The zero-order valence-electron chi connectivity index (χ0n) is 13.2. The number of anilines is 1. The Morgan fingerprint density at radius 2 is 2.04 bits per heavy atom. The number of rotatable bonds is 5. The molecule has 0 saturated heterocycles. The highest BCUT2D eigenvalue weighted by atomic mass is 32.1. The second-order valence-corrected chi connectivity index (χ2v) is 6.54. The summed E-state index contributed by atoms with van der Waals surface area (Å²) < 4.78 is 0. The van der Waals surface area contributed by atoms with Gasteiger partial charge in [0.25, 0.3) is 5.91 Å². The highest BCUT2D eigenvalue weighted by Gasteiger charge is 2.35. The molecule has 7 heteroatoms. The first-order valence-electron chi connectivity index (χ1n) is 7.61. The van der Waals surface area contributed by atoms with Gasteiger partial charge in [-0.15, -0.1) is 11.3 Å². The number of primary amides is 1. The molecule has 2 heterocycles. The third-order valence-electron chi connectivity index (χ3n) is 3.84. The molecule has 0 aliphatic carbocycles. The summed E-state index contributed by atoms with van der Waals surface area (Å²) in [5.74, 6) is -0.780. The molecule has 0 unspecified atom stereocenters. The highest BCUT2D eigenvalue weighted by Crippen LogP contribution is 2.25. The van der Waals surface area contributed by atoms with Crippen LogP contribution in [0.4, 0.5) is 5.69 Å². The largest absolute Gasteiger partial charge is 0.368 e. The molecule has 1 aliphatic rings. The summed E-state index contributed by atoms with van der Waals surface area (Å²) in [4.78, 5) is 25.3. The molecular weight excluding hydrogens is 324 g/mol. The van der Waals surface area contributed by atoms with Gasteiger partial charge in [0, 0.05) is 11.3 Å². The predicted octanol–water partition coefficient (Wildman–Crippen LogP) is 2.05. The van der Waals surface area contributed by atoms with E-state index in [9.17, 15) is 9.59 Å². The molecule has 6 nitrogen and oxygen atoms in total. The van der Waals surface area contributed by atoms with E-state index in [1.54, 1.807) is 11.3 Å². The topological polar surface area (TPSA) is 87.8 Å². The number of carbonyl (C=O) groups is 2. The molecule has 0 saturated carbocycles. The maximum absolute atomic E-state index is 12.5. The molecule has 2 amide bonds. The van der Waals surface area contributed by atoms with E-state index in [1.165, 1.54) is 5.01 Å². The van der Waals surface area contributed by atoms with Gasteiger partial charge in [-0.2, -0.15) is 5.10 Å². The van der Waals surface area contributed by atoms with E-state index in [0.29, 0.717) is 5.71 Å². The van der Waals surface area contributed by atoms with Gasteiger partial charge in [0.05, 0.1) is 11.7 Å². The first-order valence-corrected chi connectivity index (χ1v) is 8.49. The van der Waals surface area contributed by atoms with E-state index in [1.807, 2.05) is 54.8 Å². The second kappa shape index (κ2) is 6.84. The Morgan fingerprint density at radius 1 is 1.29 bits per heavy atom. The van der Waals surface area contributed by atoms with E-state index in [2.05, 4.69) is 10.4 Å². The van der Waals surface area contributed by atoms with Crippen molar-refractivity contribution in [1.82, 2.24) is 5.32 Å². The number of amides is 2. The first-order chi connectivity index (χ1) is 11.6. The molecular formula is C17H18N4O2S. The van der Waals surface area contributed by atoms with Gasteiger partial charge in [-0.1, -0.05) is 24.3 Å². The Hall–Kier alpha value is -2.67. The third kappa shape index (κ3) is 3.30. The number of carbonyl (C=O) groups excluding carboxylic acids is 2. The number of hydrazone groups is 1. The fraction of sp³-hybridized carbons (Fsp3) is 0.235. The molecule has 1 aromatic heterocycles. The number of benzene rings is 1. The van der Waals surface area contributed by atoms with Gasteiger partial charge >= 0.3 is 0 Å². The van der Waals surface area contributed by atoms with Crippen molar-refractivity contribution in [3.8, 4) is 0 Å². The van der Waals surface area contributed by atoms with Crippen LogP contribution in [-0.4, -0.2) is 23.6 Å². The number of nitrogens with zero attached hydrogens (tertiary/aromatic N) is 2. The quantitative estimate of drug-likeness (QED) is 0.871. The molecule has 2 atom stereocenters. The Kier molecular flexibility index (Phi) is 4.61. The van der Waals surface area contributed by atoms with Crippen molar-refractivity contribution in [2.75, 3.05) is 5.01 Å². The fourth-order valence-corrected chi connectivity index (χ4v) is 3.31. The van der Waals surface area contributed by atoms with Gasteiger partial charge in [0.2, 0.25) is 5.91 Å². The van der Waals surface area contributed by atoms with E-state index in [4.69, 9.17) is 5.73 Å². The van der Waals surface area contributed by atoms with Crippen LogP contribution in [0.15, 0.2) is 52.9 Å². The number of nitrogens with one attached hydrogen (secondary N) is 1. The van der Waals surface area contributed by atoms with Crippen molar-refractivity contribution in [2.45, 2.75) is 25.4 Å². The molecule has 2 aromatic rings. The minimum Gasteiger partial charge on any atom is -0.368 e. The molecule has 0 bridgehead atoms. The van der Waals surface area contributed by atoms with E-state index in [-0.39, 0.29) is 18.4 Å². The number of hydrogen-bond acceptors (Lipinski definition) is 5. The van der Waals surface area contributed by atoms with Crippen LogP contribution >= 0.6 is 11.3 Å². The van der Waals surface area contributed by atoms with Gasteiger partial charge < -0.3 is 11.1 Å². The molecule has 0 radical (unpaired) electrons. The van der Waals surface area contributed by atoms with Gasteiger partial charge in [-0.05, 0) is 30.5 Å². The lowest BCUT2D eigenvalue weighted by Gasteiger charge is -2.20. The van der Waals surface area contributed by atoms with E-state index in [0.717, 1.165) is 10.6 Å². The molecule has 24 heavy (non-hydrogen) atoms. The van der Waals surface area contributed by atoms with Gasteiger partial charge in [-0.25, -0.2) is 0 Å². The summed E-state index contributed by atoms with van der Waals surface area (Å²) in [5.41, 5.74) is 6.53. The lowest BCUT2D eigenvalue weighted by atomic mass is 10.1. The van der Waals surface area contributed by atoms with Crippen molar-refractivity contribution in [2.24, 2.45) is 10.8 Å². The standard InChI is InChI=1S/C17H18N4O2S/c1-11(15-8-5-9-24-15)19-17(23)13-10-14(16(18)22)21(20-13)12-6-3-2-4-7-12/h2-9,11,14H,10H2,1H3,(H2,18,22)(H,19,23)/t11-,14+/m1/s1. The summed E-state index contributed by atoms with van der Waals surface area (Å²) in [6.45, 7) is 1.92. The van der Waals surface area contributed by atoms with Gasteiger partial charge in [0.1, 0.15) is 11.8 Å². The number of hydrogen-bond donors (Lipinski definition) is 2. The zero-order valence-corrected chi connectivity index (χ0v) is 14.0. The maximum atomic E-state index is 12.5.